The molecule has 2 aromatic carbocycles. The van der Waals surface area contributed by atoms with E-state index in [0.29, 0.717) is 5.56 Å². The van der Waals surface area contributed by atoms with Crippen molar-refractivity contribution in [1.29, 1.82) is 0 Å². The Morgan fingerprint density at radius 3 is 2.33 bits per heavy atom. The fourth-order valence-electron chi connectivity index (χ4n) is 1.82. The van der Waals surface area contributed by atoms with Crippen LogP contribution in [0.5, 0.6) is 5.75 Å². The van der Waals surface area contributed by atoms with Crippen LogP contribution in [0.3, 0.4) is 0 Å². The van der Waals surface area contributed by atoms with E-state index in [4.69, 9.17) is 4.74 Å². The third-order valence-electron chi connectivity index (χ3n) is 2.88. The zero-order valence-electron chi connectivity index (χ0n) is 11.3. The Labute approximate surface area is 119 Å². The largest absolute Gasteiger partial charge is 0.485 e. The Bertz CT molecular complexity index is 679. The van der Waals surface area contributed by atoms with E-state index in [-0.39, 0.29) is 12.4 Å². The molecule has 0 N–H and O–H groups in total. The molecule has 2 nitrogen and oxygen atoms in total. The molecule has 0 aliphatic heterocycles. The Morgan fingerprint density at radius 1 is 1.05 bits per heavy atom. The van der Waals surface area contributed by atoms with Gasteiger partial charge in [0.15, 0.2) is 5.75 Å². The molecule has 0 aliphatic carbocycles. The molecule has 0 spiro atoms. The highest BCUT2D eigenvalue weighted by molar-refractivity contribution is 5.32. The summed E-state index contributed by atoms with van der Waals surface area (Å²) in [7, 11) is 0. The number of hydrogen-bond donors (Lipinski definition) is 0. The fraction of sp³-hybridized carbons (Fsp3) is 0.188. The smallest absolute Gasteiger partial charge is 0.420 e. The van der Waals surface area contributed by atoms with E-state index in [9.17, 15) is 18.0 Å². The minimum Gasteiger partial charge on any atom is -0.485 e. The Hall–Kier alpha value is -2.30. The van der Waals surface area contributed by atoms with Crippen molar-refractivity contribution in [2.24, 2.45) is 0 Å². The number of rotatable bonds is 3. The molecule has 110 valence electrons. The van der Waals surface area contributed by atoms with Crippen LogP contribution in [0.2, 0.25) is 0 Å². The van der Waals surface area contributed by atoms with Crippen LogP contribution in [0.15, 0.2) is 53.3 Å². The van der Waals surface area contributed by atoms with Crippen molar-refractivity contribution >= 4 is 0 Å². The van der Waals surface area contributed by atoms with Gasteiger partial charge in [0, 0.05) is 0 Å². The van der Waals surface area contributed by atoms with Crippen LogP contribution < -0.4 is 10.2 Å². The van der Waals surface area contributed by atoms with Crippen molar-refractivity contribution < 1.29 is 17.9 Å². The van der Waals surface area contributed by atoms with E-state index >= 15 is 0 Å². The normalized spacial score (nSPS) is 11.2. The van der Waals surface area contributed by atoms with Gasteiger partial charge in [0.05, 0.1) is 0 Å². The predicted molar refractivity (Wildman–Crippen MR) is 73.2 cm³/mol. The number of benzene rings is 1. The molecule has 0 heterocycles. The van der Waals surface area contributed by atoms with Crippen LogP contribution in [-0.4, -0.2) is 0 Å². The molecular weight excluding hydrogens is 281 g/mol. The number of ether oxygens (including phenoxy) is 1. The molecule has 0 atom stereocenters. The maximum Gasteiger partial charge on any atom is 0.420 e. The summed E-state index contributed by atoms with van der Waals surface area (Å²) in [4.78, 5) is 11.9. The van der Waals surface area contributed by atoms with E-state index in [0.717, 1.165) is 11.6 Å². The van der Waals surface area contributed by atoms with Gasteiger partial charge >= 0.3 is 6.18 Å². The van der Waals surface area contributed by atoms with Crippen molar-refractivity contribution in [2.75, 3.05) is 0 Å². The predicted octanol–water partition coefficient (Wildman–Crippen LogP) is 3.95. The van der Waals surface area contributed by atoms with Crippen molar-refractivity contribution in [3.63, 3.8) is 0 Å². The zero-order valence-corrected chi connectivity index (χ0v) is 11.3. The first-order chi connectivity index (χ1) is 9.88. The van der Waals surface area contributed by atoms with Gasteiger partial charge in [-0.1, -0.05) is 42.0 Å². The molecule has 5 heteroatoms. The first-order valence-corrected chi connectivity index (χ1v) is 6.27. The third kappa shape index (κ3) is 3.84. The highest BCUT2D eigenvalue weighted by Crippen LogP contribution is 2.28. The molecule has 0 saturated heterocycles. The average molecular weight is 294 g/mol. The minimum absolute atomic E-state index is 0.0381. The van der Waals surface area contributed by atoms with Crippen LogP contribution in [0, 0.1) is 6.92 Å². The Balaban J connectivity index is 2.37. The van der Waals surface area contributed by atoms with Gasteiger partial charge in [-0.3, -0.25) is 4.79 Å². The van der Waals surface area contributed by atoms with Crippen LogP contribution in [0.25, 0.3) is 0 Å². The minimum atomic E-state index is -4.70. The highest BCUT2D eigenvalue weighted by Gasteiger charge is 2.34. The first-order valence-electron chi connectivity index (χ1n) is 6.27. The topological polar surface area (TPSA) is 26.3 Å². The van der Waals surface area contributed by atoms with Crippen LogP contribution >= 0.6 is 0 Å². The summed E-state index contributed by atoms with van der Waals surface area (Å²) in [5, 5.41) is 0. The molecule has 0 fully saturated rings. The van der Waals surface area contributed by atoms with Crippen molar-refractivity contribution in [3.8, 4) is 5.75 Å². The van der Waals surface area contributed by atoms with Gasteiger partial charge in [0.25, 0.3) is 0 Å². The molecule has 0 aromatic heterocycles. The summed E-state index contributed by atoms with van der Waals surface area (Å²) < 4.78 is 43.9. The standard InChI is InChI=1S/C16H13F3O2/c1-11-7-8-14(15(20)13(9-11)16(17,18)19)21-10-12-5-3-2-4-6-12/h2-9H,10H2,1H3. The van der Waals surface area contributed by atoms with Crippen molar-refractivity contribution in [3.05, 3.63) is 75.4 Å². The second kappa shape index (κ2) is 5.99. The fourth-order valence-corrected chi connectivity index (χ4v) is 1.82. The van der Waals surface area contributed by atoms with Gasteiger partial charge in [0.1, 0.15) is 12.2 Å². The van der Waals surface area contributed by atoms with Crippen molar-refractivity contribution in [2.45, 2.75) is 19.7 Å². The highest BCUT2D eigenvalue weighted by atomic mass is 19.4. The number of alkyl halides is 3. The summed E-state index contributed by atoms with van der Waals surface area (Å²) >= 11 is 0. The average Bonchev–Trinajstić information content (AvgIpc) is 2.57. The quantitative estimate of drug-likeness (QED) is 0.856. The van der Waals surface area contributed by atoms with E-state index in [1.165, 1.54) is 19.1 Å². The molecular formula is C16H13F3O2. The first kappa shape index (κ1) is 15.1. The second-order valence-corrected chi connectivity index (χ2v) is 4.60. The van der Waals surface area contributed by atoms with Crippen molar-refractivity contribution in [1.82, 2.24) is 0 Å². The van der Waals surface area contributed by atoms with E-state index < -0.39 is 17.2 Å². The summed E-state index contributed by atoms with van der Waals surface area (Å²) in [5.74, 6) is -0.306. The molecule has 2 rings (SSSR count). The van der Waals surface area contributed by atoms with Gasteiger partial charge in [-0.05, 0) is 24.6 Å². The van der Waals surface area contributed by atoms with Gasteiger partial charge in [-0.15, -0.1) is 0 Å². The maximum absolute atomic E-state index is 12.9. The summed E-state index contributed by atoms with van der Waals surface area (Å²) in [5.41, 5.74) is -1.25. The Kier molecular flexibility index (Phi) is 4.31. The lowest BCUT2D eigenvalue weighted by Gasteiger charge is -2.06. The summed E-state index contributed by atoms with van der Waals surface area (Å²) in [6.07, 6.45) is -4.70. The van der Waals surface area contributed by atoms with Gasteiger partial charge in [0.2, 0.25) is 5.43 Å². The lowest BCUT2D eigenvalue weighted by molar-refractivity contribution is -0.138. The monoisotopic (exact) mass is 294 g/mol. The number of aryl methyl sites for hydroxylation is 1. The molecule has 0 radical (unpaired) electrons. The number of halogens is 3. The van der Waals surface area contributed by atoms with Gasteiger partial charge in [-0.25, -0.2) is 0 Å². The summed E-state index contributed by atoms with van der Waals surface area (Å²) in [6.45, 7) is 1.53. The lowest BCUT2D eigenvalue weighted by atomic mass is 10.2. The summed E-state index contributed by atoms with van der Waals surface area (Å²) in [6, 6.07) is 12.5. The van der Waals surface area contributed by atoms with E-state index in [1.54, 1.807) is 24.3 Å². The zero-order chi connectivity index (χ0) is 15.5. The van der Waals surface area contributed by atoms with Crippen LogP contribution in [-0.2, 0) is 12.8 Å². The maximum atomic E-state index is 12.9. The number of hydrogen-bond acceptors (Lipinski definition) is 2. The van der Waals surface area contributed by atoms with Gasteiger partial charge in [-0.2, -0.15) is 13.2 Å². The molecule has 21 heavy (non-hydrogen) atoms. The van der Waals surface area contributed by atoms with Crippen LogP contribution in [0.1, 0.15) is 16.7 Å². The van der Waals surface area contributed by atoms with Gasteiger partial charge < -0.3 is 4.74 Å². The molecule has 2 aromatic rings. The second-order valence-electron chi connectivity index (χ2n) is 4.60. The molecule has 0 unspecified atom stereocenters. The Morgan fingerprint density at radius 2 is 1.71 bits per heavy atom. The lowest BCUT2D eigenvalue weighted by Crippen LogP contribution is -2.18. The van der Waals surface area contributed by atoms with E-state index in [2.05, 4.69) is 0 Å². The molecule has 0 bridgehead atoms. The SMILES string of the molecule is Cc1ccc(OCc2ccccc2)c(=O)c(C(F)(F)F)c1. The third-order valence-corrected chi connectivity index (χ3v) is 2.88. The van der Waals surface area contributed by atoms with E-state index in [1.807, 2.05) is 6.07 Å². The van der Waals surface area contributed by atoms with Crippen LogP contribution in [0.4, 0.5) is 13.2 Å². The molecule has 0 saturated carbocycles. The molecule has 0 aliphatic rings. The molecule has 0 amide bonds.